The van der Waals surface area contributed by atoms with Crippen LogP contribution >= 0.6 is 0 Å². The van der Waals surface area contributed by atoms with Crippen LogP contribution in [0.3, 0.4) is 0 Å². The summed E-state index contributed by atoms with van der Waals surface area (Å²) in [4.78, 5) is 11.6. The molecule has 80 valence electrons. The van der Waals surface area contributed by atoms with E-state index in [0.29, 0.717) is 24.0 Å². The van der Waals surface area contributed by atoms with Gasteiger partial charge in [0.15, 0.2) is 5.78 Å². The standard InChI is InChI=1S/C13H15FO/c1-9(2)4-7-13(15)11-5-6-12(14)10(3)8-11/h5-6,8H,1,4,7H2,2-3H3. The number of halogens is 1. The van der Waals surface area contributed by atoms with E-state index in [4.69, 9.17) is 0 Å². The fourth-order valence-electron chi connectivity index (χ4n) is 1.29. The molecule has 0 saturated heterocycles. The number of rotatable bonds is 4. The Morgan fingerprint density at radius 3 is 2.60 bits per heavy atom. The predicted octanol–water partition coefficient (Wildman–Crippen LogP) is 3.67. The number of hydrogen-bond acceptors (Lipinski definition) is 1. The van der Waals surface area contributed by atoms with Crippen molar-refractivity contribution in [1.82, 2.24) is 0 Å². The van der Waals surface area contributed by atoms with Gasteiger partial charge in [-0.25, -0.2) is 4.39 Å². The molecule has 0 fully saturated rings. The Kier molecular flexibility index (Phi) is 3.78. The molecule has 0 atom stereocenters. The smallest absolute Gasteiger partial charge is 0.163 e. The quantitative estimate of drug-likeness (QED) is 0.542. The van der Waals surface area contributed by atoms with Crippen LogP contribution in [0.4, 0.5) is 4.39 Å². The van der Waals surface area contributed by atoms with E-state index in [-0.39, 0.29) is 11.6 Å². The van der Waals surface area contributed by atoms with Crippen LogP contribution in [0.15, 0.2) is 30.4 Å². The van der Waals surface area contributed by atoms with E-state index in [2.05, 4.69) is 6.58 Å². The largest absolute Gasteiger partial charge is 0.294 e. The Morgan fingerprint density at radius 1 is 1.40 bits per heavy atom. The molecule has 0 N–H and O–H groups in total. The van der Waals surface area contributed by atoms with Crippen LogP contribution < -0.4 is 0 Å². The maximum Gasteiger partial charge on any atom is 0.163 e. The van der Waals surface area contributed by atoms with Gasteiger partial charge in [-0.15, -0.1) is 6.58 Å². The number of allylic oxidation sites excluding steroid dienone is 1. The number of carbonyl (C=O) groups is 1. The first-order chi connectivity index (χ1) is 7.00. The van der Waals surface area contributed by atoms with Crippen molar-refractivity contribution >= 4 is 5.78 Å². The van der Waals surface area contributed by atoms with E-state index in [1.54, 1.807) is 13.0 Å². The minimum absolute atomic E-state index is 0.0427. The first-order valence-electron chi connectivity index (χ1n) is 4.94. The normalized spacial score (nSPS) is 10.1. The molecule has 1 nitrogen and oxygen atoms in total. The van der Waals surface area contributed by atoms with Crippen molar-refractivity contribution in [2.45, 2.75) is 26.7 Å². The van der Waals surface area contributed by atoms with Crippen LogP contribution in [0, 0.1) is 12.7 Å². The summed E-state index contributed by atoms with van der Waals surface area (Å²) in [5, 5.41) is 0. The molecule has 0 amide bonds. The zero-order valence-electron chi connectivity index (χ0n) is 9.14. The Bertz CT molecular complexity index is 394. The van der Waals surface area contributed by atoms with Crippen molar-refractivity contribution in [3.8, 4) is 0 Å². The Balaban J connectivity index is 2.74. The third kappa shape index (κ3) is 3.31. The maximum absolute atomic E-state index is 13.0. The molecule has 0 bridgehead atoms. The average molecular weight is 206 g/mol. The molecule has 0 aromatic heterocycles. The zero-order chi connectivity index (χ0) is 11.4. The minimum Gasteiger partial charge on any atom is -0.294 e. The molecule has 0 heterocycles. The number of ketones is 1. The van der Waals surface area contributed by atoms with Gasteiger partial charge in [0.2, 0.25) is 0 Å². The second kappa shape index (κ2) is 4.87. The van der Waals surface area contributed by atoms with Gasteiger partial charge in [0.1, 0.15) is 5.82 Å². The molecule has 0 aliphatic carbocycles. The molecule has 1 aromatic rings. The van der Waals surface area contributed by atoms with E-state index in [1.165, 1.54) is 12.1 Å². The van der Waals surface area contributed by atoms with Gasteiger partial charge in [-0.3, -0.25) is 4.79 Å². The second-order valence-corrected chi connectivity index (χ2v) is 3.84. The highest BCUT2D eigenvalue weighted by atomic mass is 19.1. The third-order valence-electron chi connectivity index (χ3n) is 2.26. The summed E-state index contributed by atoms with van der Waals surface area (Å²) in [6.07, 6.45) is 1.13. The van der Waals surface area contributed by atoms with Crippen molar-refractivity contribution in [3.05, 3.63) is 47.3 Å². The van der Waals surface area contributed by atoms with Gasteiger partial charge in [0.05, 0.1) is 0 Å². The van der Waals surface area contributed by atoms with Crippen molar-refractivity contribution in [2.24, 2.45) is 0 Å². The molecular formula is C13H15FO. The average Bonchev–Trinajstić information content (AvgIpc) is 2.18. The minimum atomic E-state index is -0.272. The molecule has 0 saturated carbocycles. The molecule has 1 aromatic carbocycles. The van der Waals surface area contributed by atoms with Crippen molar-refractivity contribution in [2.75, 3.05) is 0 Å². The molecule has 0 aliphatic heterocycles. The van der Waals surface area contributed by atoms with Crippen molar-refractivity contribution in [3.63, 3.8) is 0 Å². The highest BCUT2D eigenvalue weighted by Gasteiger charge is 2.07. The Hall–Kier alpha value is -1.44. The summed E-state index contributed by atoms with van der Waals surface area (Å²) in [6.45, 7) is 7.29. The second-order valence-electron chi connectivity index (χ2n) is 3.84. The van der Waals surface area contributed by atoms with E-state index in [9.17, 15) is 9.18 Å². The van der Waals surface area contributed by atoms with E-state index in [1.807, 2.05) is 6.92 Å². The lowest BCUT2D eigenvalue weighted by atomic mass is 10.0. The molecule has 0 spiro atoms. The molecule has 1 rings (SSSR count). The Labute approximate surface area is 89.6 Å². The van der Waals surface area contributed by atoms with Gasteiger partial charge in [0.25, 0.3) is 0 Å². The Morgan fingerprint density at radius 2 is 2.07 bits per heavy atom. The van der Waals surface area contributed by atoms with Crippen LogP contribution in [-0.2, 0) is 0 Å². The molecule has 0 unspecified atom stereocenters. The lowest BCUT2D eigenvalue weighted by Crippen LogP contribution is -2.00. The van der Waals surface area contributed by atoms with Gasteiger partial charge in [-0.2, -0.15) is 0 Å². The van der Waals surface area contributed by atoms with Gasteiger partial charge in [-0.1, -0.05) is 5.57 Å². The SMILES string of the molecule is C=C(C)CCC(=O)c1ccc(F)c(C)c1. The topological polar surface area (TPSA) is 17.1 Å². The first-order valence-corrected chi connectivity index (χ1v) is 4.94. The number of carbonyl (C=O) groups excluding carboxylic acids is 1. The van der Waals surface area contributed by atoms with Gasteiger partial charge in [0, 0.05) is 12.0 Å². The molecule has 0 radical (unpaired) electrons. The maximum atomic E-state index is 13.0. The van der Waals surface area contributed by atoms with Gasteiger partial charge < -0.3 is 0 Å². The zero-order valence-corrected chi connectivity index (χ0v) is 9.14. The first kappa shape index (κ1) is 11.6. The third-order valence-corrected chi connectivity index (χ3v) is 2.26. The molecule has 2 heteroatoms. The highest BCUT2D eigenvalue weighted by Crippen LogP contribution is 2.13. The number of hydrogen-bond donors (Lipinski definition) is 0. The van der Waals surface area contributed by atoms with E-state index in [0.717, 1.165) is 5.57 Å². The van der Waals surface area contributed by atoms with Crippen LogP contribution in [0.2, 0.25) is 0 Å². The van der Waals surface area contributed by atoms with Crippen LogP contribution in [0.1, 0.15) is 35.7 Å². The molecule has 0 aliphatic rings. The van der Waals surface area contributed by atoms with Crippen molar-refractivity contribution in [1.29, 1.82) is 0 Å². The number of benzene rings is 1. The summed E-state index contributed by atoms with van der Waals surface area (Å²) >= 11 is 0. The molecule has 15 heavy (non-hydrogen) atoms. The fraction of sp³-hybridized carbons (Fsp3) is 0.308. The predicted molar refractivity (Wildman–Crippen MR) is 59.5 cm³/mol. The van der Waals surface area contributed by atoms with Gasteiger partial charge >= 0.3 is 0 Å². The number of aryl methyl sites for hydroxylation is 1. The summed E-state index contributed by atoms with van der Waals surface area (Å²) in [7, 11) is 0. The summed E-state index contributed by atoms with van der Waals surface area (Å²) < 4.78 is 13.0. The summed E-state index contributed by atoms with van der Waals surface area (Å²) in [5.41, 5.74) is 2.08. The van der Waals surface area contributed by atoms with Crippen molar-refractivity contribution < 1.29 is 9.18 Å². The highest BCUT2D eigenvalue weighted by molar-refractivity contribution is 5.96. The van der Waals surface area contributed by atoms with Crippen LogP contribution in [-0.4, -0.2) is 5.78 Å². The monoisotopic (exact) mass is 206 g/mol. The number of Topliss-reactive ketones (excluding diaryl/α,β-unsaturated/α-hetero) is 1. The van der Waals surface area contributed by atoms with Crippen LogP contribution in [0.5, 0.6) is 0 Å². The van der Waals surface area contributed by atoms with Gasteiger partial charge in [-0.05, 0) is 44.0 Å². The van der Waals surface area contributed by atoms with E-state index < -0.39 is 0 Å². The summed E-state index contributed by atoms with van der Waals surface area (Å²) in [5.74, 6) is -0.229. The lowest BCUT2D eigenvalue weighted by molar-refractivity contribution is 0.0982. The lowest BCUT2D eigenvalue weighted by Gasteiger charge is -2.02. The van der Waals surface area contributed by atoms with Crippen LogP contribution in [0.25, 0.3) is 0 Å². The summed E-state index contributed by atoms with van der Waals surface area (Å²) in [6, 6.07) is 4.46. The molecular weight excluding hydrogens is 191 g/mol. The van der Waals surface area contributed by atoms with E-state index >= 15 is 0 Å². The fourth-order valence-corrected chi connectivity index (χ4v) is 1.29.